The van der Waals surface area contributed by atoms with Crippen molar-refractivity contribution in [3.05, 3.63) is 117 Å². The predicted octanol–water partition coefficient (Wildman–Crippen LogP) is 8.10. The Morgan fingerprint density at radius 3 is 2.40 bits per heavy atom. The second-order valence-electron chi connectivity index (χ2n) is 7.84. The van der Waals surface area contributed by atoms with Crippen molar-refractivity contribution >= 4 is 57.8 Å². The molecular formula is C28H20Cl2N2O2S. The fourth-order valence-electron chi connectivity index (χ4n) is 3.69. The molecule has 1 saturated heterocycles. The SMILES string of the molecule is O=C1/C(=C\c2ccc(-c3cccc(Cl)c3Cl)o2)SC(=Nc2ccccc2)N1CCc1ccccc1. The van der Waals surface area contributed by atoms with Crippen LogP contribution in [0.5, 0.6) is 0 Å². The van der Waals surface area contributed by atoms with Crippen LogP contribution in [0.2, 0.25) is 10.0 Å². The molecule has 2 heterocycles. The number of carbonyl (C=O) groups is 1. The summed E-state index contributed by atoms with van der Waals surface area (Å²) in [5.41, 5.74) is 2.66. The van der Waals surface area contributed by atoms with E-state index in [4.69, 9.17) is 32.6 Å². The number of carbonyl (C=O) groups excluding carboxylic acids is 1. The number of thioether (sulfide) groups is 1. The first-order valence-corrected chi connectivity index (χ1v) is 12.6. The lowest BCUT2D eigenvalue weighted by atomic mass is 10.1. The highest BCUT2D eigenvalue weighted by Gasteiger charge is 2.33. The first-order chi connectivity index (χ1) is 17.1. The maximum Gasteiger partial charge on any atom is 0.266 e. The summed E-state index contributed by atoms with van der Waals surface area (Å²) in [7, 11) is 0. The van der Waals surface area contributed by atoms with Crippen LogP contribution < -0.4 is 0 Å². The monoisotopic (exact) mass is 518 g/mol. The van der Waals surface area contributed by atoms with E-state index >= 15 is 0 Å². The van der Waals surface area contributed by atoms with E-state index in [0.29, 0.717) is 43.7 Å². The smallest absolute Gasteiger partial charge is 0.266 e. The molecule has 4 nitrogen and oxygen atoms in total. The van der Waals surface area contributed by atoms with Gasteiger partial charge in [-0.25, -0.2) is 4.99 Å². The van der Waals surface area contributed by atoms with E-state index in [1.54, 1.807) is 17.0 Å². The quantitative estimate of drug-likeness (QED) is 0.242. The molecular weight excluding hydrogens is 499 g/mol. The molecule has 35 heavy (non-hydrogen) atoms. The van der Waals surface area contributed by atoms with E-state index in [2.05, 4.69) is 12.1 Å². The number of halogens is 2. The van der Waals surface area contributed by atoms with Crippen molar-refractivity contribution in [1.82, 2.24) is 4.90 Å². The standard InChI is InChI=1S/C28H20Cl2N2O2S/c29-23-13-7-12-22(26(23)30)24-15-14-21(34-24)18-25-27(33)32(17-16-19-8-3-1-4-9-19)28(35-25)31-20-10-5-2-6-11-20/h1-15,18H,16-17H2/b25-18+,31-28?. The van der Waals surface area contributed by atoms with Gasteiger partial charge in [0.05, 0.1) is 20.6 Å². The molecule has 0 radical (unpaired) electrons. The van der Waals surface area contributed by atoms with E-state index < -0.39 is 0 Å². The maximum atomic E-state index is 13.4. The van der Waals surface area contributed by atoms with Gasteiger partial charge in [0.2, 0.25) is 0 Å². The fraction of sp³-hybridized carbons (Fsp3) is 0.0714. The third-order valence-corrected chi connectivity index (χ3v) is 7.28. The number of furan rings is 1. The number of aliphatic imine (C=N–C) groups is 1. The molecule has 3 aromatic carbocycles. The van der Waals surface area contributed by atoms with Crippen LogP contribution in [0, 0.1) is 0 Å². The van der Waals surface area contributed by atoms with Crippen LogP contribution in [0.25, 0.3) is 17.4 Å². The van der Waals surface area contributed by atoms with Gasteiger partial charge in [-0.15, -0.1) is 0 Å². The zero-order valence-electron chi connectivity index (χ0n) is 18.5. The van der Waals surface area contributed by atoms with Gasteiger partial charge in [-0.05, 0) is 60.1 Å². The first kappa shape index (κ1) is 23.5. The van der Waals surface area contributed by atoms with Gasteiger partial charge in [-0.3, -0.25) is 9.69 Å². The van der Waals surface area contributed by atoms with Gasteiger partial charge in [0.15, 0.2) is 5.17 Å². The Morgan fingerprint density at radius 2 is 1.63 bits per heavy atom. The number of hydrogen-bond donors (Lipinski definition) is 0. The lowest BCUT2D eigenvalue weighted by Crippen LogP contribution is -2.31. The largest absolute Gasteiger partial charge is 0.457 e. The molecule has 0 spiro atoms. The molecule has 1 amide bonds. The average Bonchev–Trinajstić information content (AvgIpc) is 3.45. The van der Waals surface area contributed by atoms with E-state index in [0.717, 1.165) is 17.7 Å². The lowest BCUT2D eigenvalue weighted by molar-refractivity contribution is -0.122. The maximum absolute atomic E-state index is 13.4. The minimum absolute atomic E-state index is 0.0978. The van der Waals surface area contributed by atoms with Crippen molar-refractivity contribution in [3.63, 3.8) is 0 Å². The molecule has 1 aliphatic heterocycles. The summed E-state index contributed by atoms with van der Waals surface area (Å²) in [5.74, 6) is 1.04. The summed E-state index contributed by atoms with van der Waals surface area (Å²) in [6.45, 7) is 0.528. The Balaban J connectivity index is 1.43. The number of hydrogen-bond acceptors (Lipinski definition) is 4. The molecule has 0 unspecified atom stereocenters. The third-order valence-electron chi connectivity index (χ3n) is 5.45. The van der Waals surface area contributed by atoms with Crippen LogP contribution in [-0.2, 0) is 11.2 Å². The van der Waals surface area contributed by atoms with Crippen molar-refractivity contribution in [1.29, 1.82) is 0 Å². The molecule has 174 valence electrons. The van der Waals surface area contributed by atoms with Crippen molar-refractivity contribution < 1.29 is 9.21 Å². The molecule has 4 aromatic rings. The van der Waals surface area contributed by atoms with Crippen LogP contribution in [0.1, 0.15) is 11.3 Å². The van der Waals surface area contributed by atoms with E-state index in [9.17, 15) is 4.79 Å². The highest BCUT2D eigenvalue weighted by molar-refractivity contribution is 8.18. The molecule has 5 rings (SSSR count). The Bertz CT molecular complexity index is 1420. The van der Waals surface area contributed by atoms with Crippen molar-refractivity contribution in [3.8, 4) is 11.3 Å². The van der Waals surface area contributed by atoms with Crippen molar-refractivity contribution in [2.45, 2.75) is 6.42 Å². The zero-order chi connectivity index (χ0) is 24.2. The van der Waals surface area contributed by atoms with Crippen LogP contribution in [-0.4, -0.2) is 22.5 Å². The molecule has 0 aliphatic carbocycles. The minimum Gasteiger partial charge on any atom is -0.457 e. The van der Waals surface area contributed by atoms with Crippen LogP contribution in [0.3, 0.4) is 0 Å². The topological polar surface area (TPSA) is 45.8 Å². The minimum atomic E-state index is -0.0978. The Hall–Kier alpha value is -3.25. The molecule has 0 atom stereocenters. The number of para-hydroxylation sites is 1. The fourth-order valence-corrected chi connectivity index (χ4v) is 5.08. The molecule has 1 fully saturated rings. The normalized spacial score (nSPS) is 15.9. The van der Waals surface area contributed by atoms with Gasteiger partial charge < -0.3 is 4.42 Å². The number of amides is 1. The summed E-state index contributed by atoms with van der Waals surface area (Å²) in [4.78, 5) is 20.4. The van der Waals surface area contributed by atoms with Crippen LogP contribution in [0.15, 0.2) is 105 Å². The van der Waals surface area contributed by atoms with E-state index in [-0.39, 0.29) is 5.91 Å². The van der Waals surface area contributed by atoms with Gasteiger partial charge in [-0.2, -0.15) is 0 Å². The second-order valence-corrected chi connectivity index (χ2v) is 9.63. The number of rotatable bonds is 6. The van der Waals surface area contributed by atoms with Crippen LogP contribution >= 0.6 is 35.0 Å². The van der Waals surface area contributed by atoms with Gasteiger partial charge in [0.1, 0.15) is 11.5 Å². The third kappa shape index (κ3) is 5.38. The van der Waals surface area contributed by atoms with Gasteiger partial charge in [0, 0.05) is 18.2 Å². The Kier molecular flexibility index (Phi) is 7.09. The summed E-state index contributed by atoms with van der Waals surface area (Å²) >= 11 is 13.8. The molecule has 7 heteroatoms. The zero-order valence-corrected chi connectivity index (χ0v) is 20.9. The van der Waals surface area contributed by atoms with Crippen molar-refractivity contribution in [2.75, 3.05) is 6.54 Å². The van der Waals surface area contributed by atoms with E-state index in [1.807, 2.05) is 72.8 Å². The molecule has 1 aliphatic rings. The highest BCUT2D eigenvalue weighted by Crippen LogP contribution is 2.37. The van der Waals surface area contributed by atoms with Gasteiger partial charge >= 0.3 is 0 Å². The predicted molar refractivity (Wildman–Crippen MR) is 145 cm³/mol. The summed E-state index contributed by atoms with van der Waals surface area (Å²) in [6.07, 6.45) is 2.48. The van der Waals surface area contributed by atoms with E-state index in [1.165, 1.54) is 11.8 Å². The van der Waals surface area contributed by atoms with Gasteiger partial charge in [0.25, 0.3) is 5.91 Å². The molecule has 0 N–H and O–H groups in total. The van der Waals surface area contributed by atoms with Crippen LogP contribution in [0.4, 0.5) is 5.69 Å². The summed E-state index contributed by atoms with van der Waals surface area (Å²) < 4.78 is 5.99. The lowest BCUT2D eigenvalue weighted by Gasteiger charge is -2.15. The first-order valence-electron chi connectivity index (χ1n) is 11.0. The summed E-state index contributed by atoms with van der Waals surface area (Å²) in [5, 5.41) is 1.53. The number of amidine groups is 1. The Morgan fingerprint density at radius 1 is 0.886 bits per heavy atom. The van der Waals surface area contributed by atoms with Gasteiger partial charge in [-0.1, -0.05) is 77.8 Å². The van der Waals surface area contributed by atoms with Crippen molar-refractivity contribution in [2.24, 2.45) is 4.99 Å². The molecule has 0 saturated carbocycles. The second kappa shape index (κ2) is 10.6. The Labute approximate surface area is 217 Å². The molecule has 1 aromatic heterocycles. The molecule has 0 bridgehead atoms. The number of nitrogens with zero attached hydrogens (tertiary/aromatic N) is 2. The highest BCUT2D eigenvalue weighted by atomic mass is 35.5. The average molecular weight is 519 g/mol. The summed E-state index contributed by atoms with van der Waals surface area (Å²) in [6, 6.07) is 28.8. The number of benzene rings is 3.